The van der Waals surface area contributed by atoms with E-state index < -0.39 is 0 Å². The smallest absolute Gasteiger partial charge is 0.313 e. The zero-order chi connectivity index (χ0) is 72.1. The Morgan fingerprint density at radius 3 is 0.622 bits per heavy atom. The first kappa shape index (κ1) is 100. The number of quaternary nitrogens is 2. The second-order valence-electron chi connectivity index (χ2n) is 31.2. The van der Waals surface area contributed by atoms with E-state index in [1.807, 2.05) is 0 Å². The van der Waals surface area contributed by atoms with Crippen LogP contribution in [0.5, 0.6) is 0 Å². The van der Waals surface area contributed by atoms with Gasteiger partial charge in [-0.2, -0.15) is 0 Å². The molecule has 0 bridgehead atoms. The molecule has 98 heavy (non-hydrogen) atoms. The topological polar surface area (TPSA) is 43.4 Å². The van der Waals surface area contributed by atoms with Gasteiger partial charge >= 0.3 is 11.9 Å². The molecule has 0 atom stereocenters. The normalized spacial score (nSPS) is 12.0. The van der Waals surface area contributed by atoms with Gasteiger partial charge in [-0.3, -0.25) is 9.59 Å². The number of nitrogens with zero attached hydrogens (tertiary/aromatic N) is 2. The Morgan fingerprint density at radius 1 is 0.214 bits per heavy atom. The van der Waals surface area contributed by atoms with Crippen LogP contribution in [-0.2, 0) is 14.3 Å². The van der Waals surface area contributed by atoms with Crippen LogP contribution in [0.3, 0.4) is 0 Å². The quantitative estimate of drug-likeness (QED) is 0.0200. The van der Waals surface area contributed by atoms with Gasteiger partial charge in [0.05, 0.1) is 52.9 Å². The number of carbonyl (C=O) groups is 2. The van der Waals surface area contributed by atoms with E-state index in [2.05, 4.69) is 118 Å². The summed E-state index contributed by atoms with van der Waals surface area (Å²) in [6, 6.07) is 0. The van der Waals surface area contributed by atoms with E-state index in [0.29, 0.717) is 12.8 Å². The van der Waals surface area contributed by atoms with Crippen LogP contribution < -0.4 is 0 Å². The summed E-state index contributed by atoms with van der Waals surface area (Å²) in [7, 11) is 2.56. The summed E-state index contributed by atoms with van der Waals surface area (Å²) in [5.41, 5.74) is 0. The van der Waals surface area contributed by atoms with Gasteiger partial charge in [0.2, 0.25) is 0 Å². The summed E-state index contributed by atoms with van der Waals surface area (Å²) in [4.78, 5) is 23.8. The third kappa shape index (κ3) is 83.0. The number of hydrogen-bond donors (Lipinski definition) is 0. The van der Waals surface area contributed by atoms with Crippen molar-refractivity contribution in [3.63, 3.8) is 0 Å². The highest BCUT2D eigenvalue weighted by Crippen LogP contribution is 2.23. The second-order valence-corrected chi connectivity index (χ2v) is 31.2. The van der Waals surface area contributed by atoms with Gasteiger partial charge in [0.15, 0.2) is 0 Å². The van der Waals surface area contributed by atoms with Gasteiger partial charge in [0.1, 0.15) is 0 Å². The molecule has 0 rings (SSSR count). The Hall–Kier alpha value is -1.98. The number of carbonyl (C=O) groups excluding carboxylic acids is 2. The molecule has 582 valence electrons. The van der Waals surface area contributed by atoms with Crippen LogP contribution in [0.15, 0.2) is 48.6 Å². The van der Waals surface area contributed by atoms with Crippen LogP contribution in [0.1, 0.15) is 486 Å². The maximum Gasteiger partial charge on any atom is 0.313 e. The van der Waals surface area contributed by atoms with Crippen molar-refractivity contribution in [3.05, 3.63) is 48.6 Å². The van der Waals surface area contributed by atoms with Crippen molar-refractivity contribution >= 4 is 11.9 Å². The van der Waals surface area contributed by atoms with Crippen molar-refractivity contribution in [1.82, 2.24) is 0 Å². The predicted octanol–water partition coefficient (Wildman–Crippen LogP) is 31.4. The molecule has 0 radical (unpaired) electrons. The van der Waals surface area contributed by atoms with Gasteiger partial charge < -0.3 is 13.7 Å². The number of rotatable bonds is 77. The standard InChI is InChI=1S/C36H62O3.C32H68N.C25H54N/c1-3-5-7-9-11-13-15-17-19-21-23-25-27-29-31-33-35(37)39-36(38)34-32-30-28-26-24-22-20-18-16-14-12-10-8-6-4-2;1-5-9-13-17-21-25-29-33(30-26-22-18-14-10-6-2,31-27-23-19-15-11-7-3)32-28-24-20-16-12-8-4;1-5-8-11-14-17-20-23-26(4,24-21-18-15-12-9-6-2)25-22-19-16-13-10-7-3/h11-14,17-20H,3-10,15-16,21-34H2,1-2H3;5-32H2,1-4H3;5-25H2,1-4H3/q;2*+1/b13-11-,14-12-,19-17-,20-18-;;. The molecule has 0 aliphatic rings. The first-order valence-electron chi connectivity index (χ1n) is 45.1. The Labute approximate surface area is 619 Å². The monoisotopic (exact) mass is 1380 g/mol. The lowest BCUT2D eigenvalue weighted by Crippen LogP contribution is -2.50. The van der Waals surface area contributed by atoms with Crippen LogP contribution in [0.4, 0.5) is 0 Å². The minimum Gasteiger partial charge on any atom is -0.393 e. The highest BCUT2D eigenvalue weighted by atomic mass is 16.6. The summed E-state index contributed by atoms with van der Waals surface area (Å²) >= 11 is 0. The van der Waals surface area contributed by atoms with Crippen LogP contribution in [0.25, 0.3) is 0 Å². The molecular weight excluding hydrogens is 1190 g/mol. The molecule has 5 nitrogen and oxygen atoms in total. The van der Waals surface area contributed by atoms with Gasteiger partial charge in [-0.15, -0.1) is 0 Å². The van der Waals surface area contributed by atoms with Gasteiger partial charge in [0, 0.05) is 12.8 Å². The lowest BCUT2D eigenvalue weighted by molar-refractivity contribution is -0.929. The van der Waals surface area contributed by atoms with Crippen molar-refractivity contribution in [1.29, 1.82) is 0 Å². The minimum absolute atomic E-state index is 0.353. The zero-order valence-corrected chi connectivity index (χ0v) is 69.4. The molecule has 0 saturated carbocycles. The fraction of sp³-hybridized carbons (Fsp3) is 0.892. The van der Waals surface area contributed by atoms with Crippen LogP contribution in [0, 0.1) is 0 Å². The molecule has 0 aromatic carbocycles. The molecule has 0 unspecified atom stereocenters. The average molecular weight is 1380 g/mol. The van der Waals surface area contributed by atoms with Gasteiger partial charge in [-0.1, -0.05) is 355 Å². The van der Waals surface area contributed by atoms with E-state index in [-0.39, 0.29) is 11.9 Å². The molecule has 0 spiro atoms. The Bertz CT molecular complexity index is 1460. The summed E-state index contributed by atoms with van der Waals surface area (Å²) in [6.07, 6.45) is 105. The lowest BCUT2D eigenvalue weighted by Gasteiger charge is -2.40. The summed E-state index contributed by atoms with van der Waals surface area (Å²) < 4.78 is 7.81. The van der Waals surface area contributed by atoms with Crippen molar-refractivity contribution < 1.29 is 23.3 Å². The highest BCUT2D eigenvalue weighted by molar-refractivity contribution is 5.85. The van der Waals surface area contributed by atoms with Crippen LogP contribution >= 0.6 is 0 Å². The molecule has 0 N–H and O–H groups in total. The molecule has 0 heterocycles. The summed E-state index contributed by atoms with van der Waals surface area (Å²) in [6.45, 7) is 31.0. The second kappa shape index (κ2) is 87.4. The van der Waals surface area contributed by atoms with Crippen molar-refractivity contribution in [2.24, 2.45) is 0 Å². The number of allylic oxidation sites excluding steroid dienone is 8. The van der Waals surface area contributed by atoms with E-state index >= 15 is 0 Å². The van der Waals surface area contributed by atoms with Gasteiger partial charge in [-0.05, 0) is 167 Å². The first-order chi connectivity index (χ1) is 48.1. The zero-order valence-electron chi connectivity index (χ0n) is 69.4. The SMILES string of the molecule is CCCCC/C=C\C/C=C\CCCCCCCC(=O)OC(=O)CCCCCCC/C=C\C/C=C\CCCCC.CCCCCCCC[N+](C)(CCCCCCCC)CCCCCCCC.CCCCCCCC[N+](CCCCCCCC)(CCCCCCCC)CCCCCCCC. The molecule has 0 saturated heterocycles. The third-order valence-electron chi connectivity index (χ3n) is 21.0. The van der Waals surface area contributed by atoms with Gasteiger partial charge in [0.25, 0.3) is 0 Å². The maximum absolute atomic E-state index is 11.9. The number of ether oxygens (including phenoxy) is 1. The number of hydrogen-bond acceptors (Lipinski definition) is 3. The van der Waals surface area contributed by atoms with Crippen molar-refractivity contribution in [2.45, 2.75) is 486 Å². The molecule has 0 aliphatic heterocycles. The molecular formula is C93H184N2O3+2. The molecule has 5 heteroatoms. The molecule has 0 aromatic heterocycles. The minimum atomic E-state index is -0.353. The third-order valence-corrected chi connectivity index (χ3v) is 21.0. The molecule has 0 aromatic rings. The lowest BCUT2D eigenvalue weighted by atomic mass is 10.0. The largest absolute Gasteiger partial charge is 0.393 e. The Balaban J connectivity index is -0.00000141. The molecule has 0 fully saturated rings. The van der Waals surface area contributed by atoms with Gasteiger partial charge in [-0.25, -0.2) is 0 Å². The maximum atomic E-state index is 11.9. The predicted molar refractivity (Wildman–Crippen MR) is 444 cm³/mol. The average Bonchev–Trinajstić information content (AvgIpc) is 1.08. The fourth-order valence-electron chi connectivity index (χ4n) is 14.1. The van der Waals surface area contributed by atoms with E-state index in [4.69, 9.17) is 4.74 Å². The van der Waals surface area contributed by atoms with E-state index in [1.54, 1.807) is 0 Å². The molecule has 0 amide bonds. The Kier molecular flexibility index (Phi) is 89.4. The molecule has 0 aliphatic carbocycles. The Morgan fingerprint density at radius 2 is 0.388 bits per heavy atom. The van der Waals surface area contributed by atoms with Crippen LogP contribution in [0.2, 0.25) is 0 Å². The van der Waals surface area contributed by atoms with Crippen molar-refractivity contribution in [3.8, 4) is 0 Å². The van der Waals surface area contributed by atoms with E-state index in [0.717, 1.165) is 64.2 Å². The van der Waals surface area contributed by atoms with E-state index in [9.17, 15) is 9.59 Å². The van der Waals surface area contributed by atoms with Crippen LogP contribution in [-0.4, -0.2) is 73.8 Å². The highest BCUT2D eigenvalue weighted by Gasteiger charge is 2.26. The number of esters is 2. The fourth-order valence-corrected chi connectivity index (χ4v) is 14.1. The summed E-state index contributed by atoms with van der Waals surface area (Å²) in [5.74, 6) is -0.707. The number of unbranched alkanes of at least 4 members (excludes halogenated alkanes) is 51. The summed E-state index contributed by atoms with van der Waals surface area (Å²) in [5, 5.41) is 0. The van der Waals surface area contributed by atoms with E-state index in [1.165, 1.54) is 402 Å². The first-order valence-corrected chi connectivity index (χ1v) is 45.1. The van der Waals surface area contributed by atoms with Crippen molar-refractivity contribution in [2.75, 3.05) is 52.9 Å².